The van der Waals surface area contributed by atoms with Crippen LogP contribution in [0.25, 0.3) is 6.08 Å². The minimum atomic E-state index is -0.262. The third kappa shape index (κ3) is 6.97. The molecule has 2 aromatic rings. The molecule has 0 atom stereocenters. The molecule has 0 radical (unpaired) electrons. The molecule has 0 aliphatic carbocycles. The highest BCUT2D eigenvalue weighted by atomic mass is 32.1. The zero-order valence-corrected chi connectivity index (χ0v) is 17.2. The first-order valence-electron chi connectivity index (χ1n) is 9.01. The lowest BCUT2D eigenvalue weighted by Gasteiger charge is -2.18. The molecule has 0 aliphatic rings. The van der Waals surface area contributed by atoms with Crippen molar-refractivity contribution in [2.24, 2.45) is 0 Å². The van der Waals surface area contributed by atoms with E-state index in [1.54, 1.807) is 35.6 Å². The molecule has 1 aromatic carbocycles. The summed E-state index contributed by atoms with van der Waals surface area (Å²) >= 11 is 1.57. The van der Waals surface area contributed by atoms with Crippen molar-refractivity contribution >= 4 is 29.2 Å². The molecule has 29 heavy (non-hydrogen) atoms. The van der Waals surface area contributed by atoms with E-state index in [0.29, 0.717) is 24.6 Å². The van der Waals surface area contributed by atoms with Crippen LogP contribution in [0.5, 0.6) is 11.5 Å². The topological polar surface area (TPSA) is 91.7 Å². The van der Waals surface area contributed by atoms with E-state index >= 15 is 0 Å². The number of hydrogen-bond donors (Lipinski definition) is 1. The van der Waals surface area contributed by atoms with Crippen LogP contribution in [0.4, 0.5) is 0 Å². The van der Waals surface area contributed by atoms with Crippen LogP contribution in [0.3, 0.4) is 0 Å². The molecule has 0 spiro atoms. The molecular formula is C21H23N3O4S. The number of nitriles is 1. The van der Waals surface area contributed by atoms with E-state index in [1.165, 1.54) is 18.1 Å². The standard InChI is InChI=1S/C21H23N3O4S/c1-3-24(15-20(25)23-14-17-5-4-12-29-17)21(26)9-7-16-6-8-18(28-11-10-22)19(13-16)27-2/h4-9,12-13H,3,11,14-15H2,1-2H3,(H,23,25). The number of nitrogens with zero attached hydrogens (tertiary/aromatic N) is 2. The van der Waals surface area contributed by atoms with Gasteiger partial charge in [0.15, 0.2) is 18.1 Å². The van der Waals surface area contributed by atoms with Gasteiger partial charge in [-0.15, -0.1) is 11.3 Å². The first-order valence-corrected chi connectivity index (χ1v) is 9.89. The Balaban J connectivity index is 1.94. The highest BCUT2D eigenvalue weighted by Crippen LogP contribution is 2.28. The van der Waals surface area contributed by atoms with Gasteiger partial charge in [0.1, 0.15) is 6.07 Å². The molecule has 0 aliphatic heterocycles. The Hall–Kier alpha value is -3.31. The lowest BCUT2D eigenvalue weighted by atomic mass is 10.2. The number of amides is 2. The average molecular weight is 413 g/mol. The Labute approximate surface area is 174 Å². The normalized spacial score (nSPS) is 10.4. The molecule has 8 heteroatoms. The summed E-state index contributed by atoms with van der Waals surface area (Å²) in [5.74, 6) is 0.454. The Morgan fingerprint density at radius 1 is 1.31 bits per heavy atom. The monoisotopic (exact) mass is 413 g/mol. The van der Waals surface area contributed by atoms with Gasteiger partial charge in [0, 0.05) is 17.5 Å². The summed E-state index contributed by atoms with van der Waals surface area (Å²) in [4.78, 5) is 27.1. The van der Waals surface area contributed by atoms with Crippen molar-refractivity contribution in [1.82, 2.24) is 10.2 Å². The number of likely N-dealkylation sites (N-methyl/N-ethyl adjacent to an activating group) is 1. The molecule has 0 saturated carbocycles. The Kier molecular flexibility index (Phi) is 8.73. The molecule has 2 rings (SSSR count). The van der Waals surface area contributed by atoms with E-state index in [4.69, 9.17) is 14.7 Å². The first kappa shape index (κ1) is 22.0. The van der Waals surface area contributed by atoms with E-state index in [0.717, 1.165) is 10.4 Å². The zero-order chi connectivity index (χ0) is 21.1. The summed E-state index contributed by atoms with van der Waals surface area (Å²) in [6, 6.07) is 10.9. The predicted molar refractivity (Wildman–Crippen MR) is 112 cm³/mol. The van der Waals surface area contributed by atoms with Gasteiger partial charge in [-0.2, -0.15) is 5.26 Å². The number of rotatable bonds is 10. The van der Waals surface area contributed by atoms with E-state index in [2.05, 4.69) is 5.32 Å². The maximum atomic E-state index is 12.4. The van der Waals surface area contributed by atoms with Crippen molar-refractivity contribution in [2.45, 2.75) is 13.5 Å². The second-order valence-electron chi connectivity index (χ2n) is 5.90. The van der Waals surface area contributed by atoms with Crippen molar-refractivity contribution in [2.75, 3.05) is 26.8 Å². The molecule has 152 valence electrons. The number of methoxy groups -OCH3 is 1. The Morgan fingerprint density at radius 3 is 2.79 bits per heavy atom. The van der Waals surface area contributed by atoms with Crippen LogP contribution >= 0.6 is 11.3 Å². The van der Waals surface area contributed by atoms with Crippen molar-refractivity contribution in [1.29, 1.82) is 5.26 Å². The van der Waals surface area contributed by atoms with E-state index < -0.39 is 0 Å². The number of hydrogen-bond acceptors (Lipinski definition) is 6. The summed E-state index contributed by atoms with van der Waals surface area (Å²) < 4.78 is 10.5. The van der Waals surface area contributed by atoms with Crippen LogP contribution in [0.2, 0.25) is 0 Å². The second-order valence-corrected chi connectivity index (χ2v) is 6.93. The third-order valence-corrected chi connectivity index (χ3v) is 4.84. The lowest BCUT2D eigenvalue weighted by molar-refractivity contribution is -0.132. The van der Waals surface area contributed by atoms with Gasteiger partial charge in [-0.05, 0) is 42.1 Å². The quantitative estimate of drug-likeness (QED) is 0.605. The van der Waals surface area contributed by atoms with Crippen LogP contribution in [-0.2, 0) is 16.1 Å². The van der Waals surface area contributed by atoms with Crippen LogP contribution < -0.4 is 14.8 Å². The summed E-state index contributed by atoms with van der Waals surface area (Å²) in [6.45, 7) is 2.61. The van der Waals surface area contributed by atoms with Gasteiger partial charge in [0.25, 0.3) is 0 Å². The minimum Gasteiger partial charge on any atom is -0.493 e. The fraction of sp³-hybridized carbons (Fsp3) is 0.286. The maximum absolute atomic E-state index is 12.4. The highest BCUT2D eigenvalue weighted by Gasteiger charge is 2.13. The average Bonchev–Trinajstić information content (AvgIpc) is 3.26. The van der Waals surface area contributed by atoms with Gasteiger partial charge in [-0.25, -0.2) is 0 Å². The maximum Gasteiger partial charge on any atom is 0.247 e. The number of nitrogens with one attached hydrogen (secondary N) is 1. The number of benzene rings is 1. The highest BCUT2D eigenvalue weighted by molar-refractivity contribution is 7.09. The van der Waals surface area contributed by atoms with Gasteiger partial charge in [-0.1, -0.05) is 12.1 Å². The molecule has 0 fully saturated rings. The third-order valence-electron chi connectivity index (χ3n) is 3.97. The fourth-order valence-corrected chi connectivity index (χ4v) is 3.11. The second kappa shape index (κ2) is 11.5. The smallest absolute Gasteiger partial charge is 0.247 e. The van der Waals surface area contributed by atoms with Crippen molar-refractivity contribution in [3.63, 3.8) is 0 Å². The van der Waals surface area contributed by atoms with Gasteiger partial charge in [-0.3, -0.25) is 9.59 Å². The molecule has 1 heterocycles. The van der Waals surface area contributed by atoms with Gasteiger partial charge in [0.2, 0.25) is 11.8 Å². The number of carbonyl (C=O) groups is 2. The molecular weight excluding hydrogens is 390 g/mol. The van der Waals surface area contributed by atoms with Crippen LogP contribution in [0, 0.1) is 11.3 Å². The summed E-state index contributed by atoms with van der Waals surface area (Å²) in [5.41, 5.74) is 0.734. The van der Waals surface area contributed by atoms with Crippen LogP contribution in [-0.4, -0.2) is 43.5 Å². The van der Waals surface area contributed by atoms with Crippen molar-refractivity contribution in [3.05, 3.63) is 52.2 Å². The largest absolute Gasteiger partial charge is 0.493 e. The van der Waals surface area contributed by atoms with Crippen molar-refractivity contribution < 1.29 is 19.1 Å². The van der Waals surface area contributed by atoms with E-state index in [1.807, 2.05) is 30.5 Å². The molecule has 0 unspecified atom stereocenters. The number of carbonyl (C=O) groups excluding carboxylic acids is 2. The minimum absolute atomic E-state index is 0.00466. The van der Waals surface area contributed by atoms with Crippen molar-refractivity contribution in [3.8, 4) is 17.6 Å². The van der Waals surface area contributed by atoms with E-state index in [-0.39, 0.29) is 25.0 Å². The predicted octanol–water partition coefficient (Wildman–Crippen LogP) is 2.84. The van der Waals surface area contributed by atoms with Crippen LogP contribution in [0.15, 0.2) is 41.8 Å². The number of thiophene rings is 1. The molecule has 2 amide bonds. The molecule has 0 bridgehead atoms. The summed E-state index contributed by atoms with van der Waals surface area (Å²) in [6.07, 6.45) is 3.06. The Bertz CT molecular complexity index is 888. The van der Waals surface area contributed by atoms with E-state index in [9.17, 15) is 9.59 Å². The molecule has 1 N–H and O–H groups in total. The first-order chi connectivity index (χ1) is 14.1. The van der Waals surface area contributed by atoms with Gasteiger partial charge in [0.05, 0.1) is 20.2 Å². The SMILES string of the molecule is CCN(CC(=O)NCc1cccs1)C(=O)C=Cc1ccc(OCC#N)c(OC)c1. The number of ether oxygens (including phenoxy) is 2. The van der Waals surface area contributed by atoms with Gasteiger partial charge >= 0.3 is 0 Å². The molecule has 7 nitrogen and oxygen atoms in total. The summed E-state index contributed by atoms with van der Waals surface area (Å²) in [7, 11) is 1.50. The zero-order valence-electron chi connectivity index (χ0n) is 16.4. The lowest BCUT2D eigenvalue weighted by Crippen LogP contribution is -2.39. The molecule has 1 aromatic heterocycles. The Morgan fingerprint density at radius 2 is 2.14 bits per heavy atom. The summed E-state index contributed by atoms with van der Waals surface area (Å²) in [5, 5.41) is 13.4. The fourth-order valence-electron chi connectivity index (χ4n) is 2.46. The van der Waals surface area contributed by atoms with Gasteiger partial charge < -0.3 is 19.7 Å². The molecule has 0 saturated heterocycles. The van der Waals surface area contributed by atoms with Crippen LogP contribution in [0.1, 0.15) is 17.4 Å².